The van der Waals surface area contributed by atoms with Crippen molar-refractivity contribution in [2.45, 2.75) is 19.1 Å². The third-order valence-corrected chi connectivity index (χ3v) is 2.79. The van der Waals surface area contributed by atoms with Crippen LogP contribution in [0, 0.1) is 5.82 Å². The fourth-order valence-corrected chi connectivity index (χ4v) is 1.70. The van der Waals surface area contributed by atoms with Crippen molar-refractivity contribution in [2.24, 2.45) is 5.73 Å². The Labute approximate surface area is 98.3 Å². The number of aromatic nitrogens is 2. The number of aromatic amines is 1. The van der Waals surface area contributed by atoms with Crippen molar-refractivity contribution in [3.8, 4) is 0 Å². The SMILES string of the molecule is CC(O)(c1ccc(F)c(CN)c1)c1ncc[nH]1. The molecule has 0 bridgehead atoms. The number of rotatable bonds is 3. The lowest BCUT2D eigenvalue weighted by Gasteiger charge is -2.22. The van der Waals surface area contributed by atoms with Gasteiger partial charge in [-0.15, -0.1) is 0 Å². The maximum atomic E-state index is 13.3. The fourth-order valence-electron chi connectivity index (χ4n) is 1.70. The third-order valence-electron chi connectivity index (χ3n) is 2.79. The van der Waals surface area contributed by atoms with Crippen molar-refractivity contribution in [1.82, 2.24) is 9.97 Å². The van der Waals surface area contributed by atoms with Gasteiger partial charge in [0.1, 0.15) is 17.2 Å². The van der Waals surface area contributed by atoms with Crippen LogP contribution in [-0.2, 0) is 12.1 Å². The highest BCUT2D eigenvalue weighted by Crippen LogP contribution is 2.27. The number of hydrogen-bond acceptors (Lipinski definition) is 3. The summed E-state index contributed by atoms with van der Waals surface area (Å²) in [7, 11) is 0. The van der Waals surface area contributed by atoms with Crippen molar-refractivity contribution >= 4 is 0 Å². The molecular weight excluding hydrogens is 221 g/mol. The molecule has 2 rings (SSSR count). The highest BCUT2D eigenvalue weighted by molar-refractivity contribution is 5.33. The van der Waals surface area contributed by atoms with Crippen LogP contribution in [0.4, 0.5) is 4.39 Å². The van der Waals surface area contributed by atoms with Crippen molar-refractivity contribution < 1.29 is 9.50 Å². The third kappa shape index (κ3) is 2.07. The van der Waals surface area contributed by atoms with E-state index >= 15 is 0 Å². The van der Waals surface area contributed by atoms with E-state index in [1.54, 1.807) is 25.4 Å². The highest BCUT2D eigenvalue weighted by Gasteiger charge is 2.28. The summed E-state index contributed by atoms with van der Waals surface area (Å²) in [6, 6.07) is 4.38. The summed E-state index contributed by atoms with van der Waals surface area (Å²) in [5.74, 6) is 0.0403. The minimum atomic E-state index is -1.29. The second-order valence-corrected chi connectivity index (χ2v) is 4.02. The van der Waals surface area contributed by atoms with Gasteiger partial charge in [0.25, 0.3) is 0 Å². The molecule has 0 saturated carbocycles. The van der Waals surface area contributed by atoms with Crippen molar-refractivity contribution in [1.29, 1.82) is 0 Å². The van der Waals surface area contributed by atoms with Gasteiger partial charge in [-0.05, 0) is 24.6 Å². The quantitative estimate of drug-likeness (QED) is 0.749. The van der Waals surface area contributed by atoms with Gasteiger partial charge in [-0.25, -0.2) is 9.37 Å². The average Bonchev–Trinajstić information content (AvgIpc) is 2.83. The molecule has 17 heavy (non-hydrogen) atoms. The molecule has 5 heteroatoms. The van der Waals surface area contributed by atoms with Crippen LogP contribution in [0.2, 0.25) is 0 Å². The van der Waals surface area contributed by atoms with Crippen molar-refractivity contribution in [3.63, 3.8) is 0 Å². The molecule has 0 amide bonds. The van der Waals surface area contributed by atoms with E-state index in [4.69, 9.17) is 5.73 Å². The predicted octanol–water partition coefficient (Wildman–Crippen LogP) is 1.26. The molecule has 1 heterocycles. The van der Waals surface area contributed by atoms with E-state index in [1.807, 2.05) is 0 Å². The number of aliphatic hydroxyl groups is 1. The monoisotopic (exact) mass is 235 g/mol. The van der Waals surface area contributed by atoms with E-state index in [-0.39, 0.29) is 12.4 Å². The Balaban J connectivity index is 2.46. The molecule has 0 aliphatic rings. The molecule has 90 valence electrons. The standard InChI is InChI=1S/C12H14FN3O/c1-12(17,11-15-4-5-16-11)9-2-3-10(13)8(6-9)7-14/h2-6,17H,7,14H2,1H3,(H,15,16). The predicted molar refractivity (Wildman–Crippen MR) is 61.6 cm³/mol. The first-order valence-corrected chi connectivity index (χ1v) is 5.27. The van der Waals surface area contributed by atoms with E-state index in [0.29, 0.717) is 17.0 Å². The number of H-pyrrole nitrogens is 1. The largest absolute Gasteiger partial charge is 0.377 e. The van der Waals surface area contributed by atoms with Gasteiger partial charge in [0.15, 0.2) is 0 Å². The fraction of sp³-hybridized carbons (Fsp3) is 0.250. The molecule has 0 spiro atoms. The number of nitrogens with zero attached hydrogens (tertiary/aromatic N) is 1. The molecule has 2 aromatic rings. The first kappa shape index (κ1) is 11.8. The number of imidazole rings is 1. The first-order chi connectivity index (χ1) is 8.05. The maximum Gasteiger partial charge on any atom is 0.144 e. The minimum Gasteiger partial charge on any atom is -0.377 e. The summed E-state index contributed by atoms with van der Waals surface area (Å²) in [5, 5.41) is 10.4. The molecule has 1 aromatic heterocycles. The number of hydrogen-bond donors (Lipinski definition) is 3. The summed E-state index contributed by atoms with van der Waals surface area (Å²) in [6.07, 6.45) is 3.17. The Kier molecular flexibility index (Phi) is 2.95. The van der Waals surface area contributed by atoms with Gasteiger partial charge in [-0.3, -0.25) is 0 Å². The summed E-state index contributed by atoms with van der Waals surface area (Å²) in [4.78, 5) is 6.85. The van der Waals surface area contributed by atoms with Crippen LogP contribution in [0.25, 0.3) is 0 Å². The smallest absolute Gasteiger partial charge is 0.144 e. The normalized spacial score (nSPS) is 14.6. The average molecular weight is 235 g/mol. The Bertz CT molecular complexity index is 508. The summed E-state index contributed by atoms with van der Waals surface area (Å²) in [6.45, 7) is 1.69. The number of nitrogens with two attached hydrogens (primary N) is 1. The lowest BCUT2D eigenvalue weighted by atomic mass is 9.93. The maximum absolute atomic E-state index is 13.3. The van der Waals surface area contributed by atoms with Crippen LogP contribution in [0.1, 0.15) is 23.9 Å². The molecule has 1 unspecified atom stereocenters. The summed E-state index contributed by atoms with van der Waals surface area (Å²) < 4.78 is 13.3. The summed E-state index contributed by atoms with van der Waals surface area (Å²) in [5.41, 5.74) is 5.07. The Morgan fingerprint density at radius 1 is 1.53 bits per heavy atom. The molecule has 0 fully saturated rings. The highest BCUT2D eigenvalue weighted by atomic mass is 19.1. The van der Waals surface area contributed by atoms with Crippen LogP contribution >= 0.6 is 0 Å². The zero-order valence-corrected chi connectivity index (χ0v) is 9.44. The number of halogens is 1. The minimum absolute atomic E-state index is 0.0912. The van der Waals surface area contributed by atoms with Crippen molar-refractivity contribution in [2.75, 3.05) is 0 Å². The topological polar surface area (TPSA) is 74.9 Å². The zero-order valence-electron chi connectivity index (χ0n) is 9.44. The second-order valence-electron chi connectivity index (χ2n) is 4.02. The van der Waals surface area contributed by atoms with E-state index in [1.165, 1.54) is 12.1 Å². The number of nitrogens with one attached hydrogen (secondary N) is 1. The Hall–Kier alpha value is -1.72. The van der Waals surface area contributed by atoms with Crippen LogP contribution in [0.15, 0.2) is 30.6 Å². The molecule has 4 N–H and O–H groups in total. The lowest BCUT2D eigenvalue weighted by molar-refractivity contribution is 0.0930. The first-order valence-electron chi connectivity index (χ1n) is 5.27. The van der Waals surface area contributed by atoms with Crippen LogP contribution in [-0.4, -0.2) is 15.1 Å². The van der Waals surface area contributed by atoms with E-state index in [0.717, 1.165) is 0 Å². The van der Waals surface area contributed by atoms with E-state index < -0.39 is 5.60 Å². The molecule has 4 nitrogen and oxygen atoms in total. The van der Waals surface area contributed by atoms with E-state index in [2.05, 4.69) is 9.97 Å². The lowest BCUT2D eigenvalue weighted by Crippen LogP contribution is -2.25. The Morgan fingerprint density at radius 2 is 2.29 bits per heavy atom. The van der Waals surface area contributed by atoms with Gasteiger partial charge in [0.05, 0.1) is 0 Å². The van der Waals surface area contributed by atoms with Gasteiger partial charge in [-0.1, -0.05) is 6.07 Å². The van der Waals surface area contributed by atoms with Gasteiger partial charge in [0, 0.05) is 24.5 Å². The number of benzene rings is 1. The van der Waals surface area contributed by atoms with Gasteiger partial charge in [-0.2, -0.15) is 0 Å². The Morgan fingerprint density at radius 3 is 2.88 bits per heavy atom. The van der Waals surface area contributed by atoms with Crippen LogP contribution in [0.3, 0.4) is 0 Å². The van der Waals surface area contributed by atoms with E-state index in [9.17, 15) is 9.50 Å². The molecule has 0 radical (unpaired) electrons. The van der Waals surface area contributed by atoms with Crippen LogP contribution < -0.4 is 5.73 Å². The molecule has 0 aliphatic carbocycles. The molecule has 0 saturated heterocycles. The molecular formula is C12H14FN3O. The second kappa shape index (κ2) is 4.27. The summed E-state index contributed by atoms with van der Waals surface area (Å²) >= 11 is 0. The van der Waals surface area contributed by atoms with Crippen LogP contribution in [0.5, 0.6) is 0 Å². The molecule has 1 atom stereocenters. The van der Waals surface area contributed by atoms with Gasteiger partial charge in [0.2, 0.25) is 0 Å². The molecule has 1 aromatic carbocycles. The zero-order chi connectivity index (χ0) is 12.5. The van der Waals surface area contributed by atoms with Crippen molar-refractivity contribution in [3.05, 3.63) is 53.4 Å². The van der Waals surface area contributed by atoms with Gasteiger partial charge >= 0.3 is 0 Å². The molecule has 0 aliphatic heterocycles. The van der Waals surface area contributed by atoms with Gasteiger partial charge < -0.3 is 15.8 Å².